The van der Waals surface area contributed by atoms with Crippen LogP contribution in [-0.2, 0) is 9.59 Å². The number of unbranched alkanes of at least 4 members (excludes halogenated alkanes) is 3. The largest absolute Gasteiger partial charge is 0.370 e. The van der Waals surface area contributed by atoms with Crippen LogP contribution >= 0.6 is 0 Å². The van der Waals surface area contributed by atoms with Gasteiger partial charge in [-0.2, -0.15) is 0 Å². The number of guanidine groups is 1. The number of carbonyl (C=O) groups excluding carboxylic acids is 2. The highest BCUT2D eigenvalue weighted by Gasteiger charge is 2.06. The fourth-order valence-electron chi connectivity index (χ4n) is 1.23. The molecule has 6 N–H and O–H groups in total. The quantitative estimate of drug-likeness (QED) is 0.134. The summed E-state index contributed by atoms with van der Waals surface area (Å²) in [7, 11) is 0. The van der Waals surface area contributed by atoms with Crippen LogP contribution in [0.4, 0.5) is 0 Å². The zero-order valence-electron chi connectivity index (χ0n) is 9.76. The van der Waals surface area contributed by atoms with Crippen molar-refractivity contribution in [1.82, 2.24) is 5.32 Å². The molecule has 1 amide bonds. The van der Waals surface area contributed by atoms with Gasteiger partial charge in [-0.3, -0.25) is 14.6 Å². The van der Waals surface area contributed by atoms with Gasteiger partial charge in [0, 0.05) is 13.0 Å². The van der Waals surface area contributed by atoms with Crippen LogP contribution in [0.15, 0.2) is 4.99 Å². The molecule has 0 saturated heterocycles. The first-order valence-electron chi connectivity index (χ1n) is 5.54. The van der Waals surface area contributed by atoms with Crippen molar-refractivity contribution in [2.24, 2.45) is 16.5 Å². The van der Waals surface area contributed by atoms with Crippen LogP contribution < -0.4 is 16.8 Å². The van der Waals surface area contributed by atoms with Crippen LogP contribution in [0.2, 0.25) is 0 Å². The van der Waals surface area contributed by atoms with E-state index in [4.69, 9.17) is 16.6 Å². The Balaban J connectivity index is 3.36. The zero-order chi connectivity index (χ0) is 13.1. The maximum Gasteiger partial charge on any atom is 0.222 e. The standard InChI is InChI=1S/C10H20N4O3/c11-10(12)13-6-4-2-1-3-5-8(16)14-9(17)7-15/h7,9,17H,1-6H2,(H,14,16)(H4,11,12,13). The molecule has 0 aromatic rings. The van der Waals surface area contributed by atoms with E-state index in [1.807, 2.05) is 0 Å². The predicted octanol–water partition coefficient (Wildman–Crippen LogP) is -1.16. The smallest absolute Gasteiger partial charge is 0.222 e. The summed E-state index contributed by atoms with van der Waals surface area (Å²) in [5.74, 6) is -0.235. The van der Waals surface area contributed by atoms with Crippen LogP contribution in [0.25, 0.3) is 0 Å². The molecule has 0 aliphatic carbocycles. The average Bonchev–Trinajstić information content (AvgIpc) is 2.27. The average molecular weight is 244 g/mol. The predicted molar refractivity (Wildman–Crippen MR) is 64.0 cm³/mol. The molecule has 0 aliphatic rings. The van der Waals surface area contributed by atoms with Crippen LogP contribution in [-0.4, -0.2) is 36.0 Å². The van der Waals surface area contributed by atoms with Gasteiger partial charge in [-0.1, -0.05) is 12.8 Å². The molecule has 0 saturated carbocycles. The second kappa shape index (κ2) is 9.59. The molecule has 0 aromatic heterocycles. The SMILES string of the molecule is NC(N)=NCCCCCCC(=O)NC(O)C=O. The lowest BCUT2D eigenvalue weighted by Crippen LogP contribution is -2.35. The Morgan fingerprint density at radius 1 is 1.29 bits per heavy atom. The molecular weight excluding hydrogens is 224 g/mol. The third-order valence-electron chi connectivity index (χ3n) is 2.04. The Labute approximate surface area is 100 Å². The number of hydrogen-bond acceptors (Lipinski definition) is 4. The molecular formula is C10H20N4O3. The maximum absolute atomic E-state index is 11.1. The second-order valence-electron chi connectivity index (χ2n) is 3.62. The molecule has 0 spiro atoms. The van der Waals surface area contributed by atoms with Crippen molar-refractivity contribution < 1.29 is 14.7 Å². The molecule has 0 aliphatic heterocycles. The van der Waals surface area contributed by atoms with Crippen molar-refractivity contribution in [2.75, 3.05) is 6.54 Å². The number of nitrogens with zero attached hydrogens (tertiary/aromatic N) is 1. The third-order valence-corrected chi connectivity index (χ3v) is 2.04. The zero-order valence-corrected chi connectivity index (χ0v) is 9.76. The topological polar surface area (TPSA) is 131 Å². The van der Waals surface area contributed by atoms with Gasteiger partial charge in [0.1, 0.15) is 0 Å². The highest BCUT2D eigenvalue weighted by molar-refractivity contribution is 5.78. The number of aliphatic hydroxyl groups excluding tert-OH is 1. The molecule has 1 unspecified atom stereocenters. The van der Waals surface area contributed by atoms with E-state index < -0.39 is 6.23 Å². The monoisotopic (exact) mass is 244 g/mol. The van der Waals surface area contributed by atoms with E-state index in [0.29, 0.717) is 19.4 Å². The van der Waals surface area contributed by atoms with E-state index >= 15 is 0 Å². The van der Waals surface area contributed by atoms with Crippen LogP contribution in [0.3, 0.4) is 0 Å². The molecule has 0 aromatic carbocycles. The fraction of sp³-hybridized carbons (Fsp3) is 0.700. The van der Waals surface area contributed by atoms with E-state index in [9.17, 15) is 9.59 Å². The Bertz CT molecular complexity index is 264. The highest BCUT2D eigenvalue weighted by Crippen LogP contribution is 2.03. The van der Waals surface area contributed by atoms with E-state index in [1.165, 1.54) is 0 Å². The fourth-order valence-corrected chi connectivity index (χ4v) is 1.23. The first-order chi connectivity index (χ1) is 8.06. The van der Waals surface area contributed by atoms with Gasteiger partial charge in [-0.15, -0.1) is 0 Å². The van der Waals surface area contributed by atoms with Crippen molar-refractivity contribution in [2.45, 2.75) is 38.3 Å². The van der Waals surface area contributed by atoms with Crippen molar-refractivity contribution in [3.8, 4) is 0 Å². The normalized spacial score (nSPS) is 11.6. The van der Waals surface area contributed by atoms with Gasteiger partial charge < -0.3 is 21.9 Å². The minimum atomic E-state index is -1.40. The van der Waals surface area contributed by atoms with Crippen molar-refractivity contribution >= 4 is 18.2 Å². The molecule has 98 valence electrons. The summed E-state index contributed by atoms with van der Waals surface area (Å²) in [5.41, 5.74) is 10.3. The summed E-state index contributed by atoms with van der Waals surface area (Å²) in [6.45, 7) is 0.596. The van der Waals surface area contributed by atoms with E-state index in [0.717, 1.165) is 19.3 Å². The van der Waals surface area contributed by atoms with Crippen LogP contribution in [0.1, 0.15) is 32.1 Å². The first kappa shape index (κ1) is 15.4. The molecule has 0 rings (SSSR count). The summed E-state index contributed by atoms with van der Waals surface area (Å²) < 4.78 is 0. The van der Waals surface area contributed by atoms with Crippen molar-refractivity contribution in [3.63, 3.8) is 0 Å². The summed E-state index contributed by atoms with van der Waals surface area (Å²) >= 11 is 0. The van der Waals surface area contributed by atoms with Gasteiger partial charge >= 0.3 is 0 Å². The Morgan fingerprint density at radius 2 is 1.94 bits per heavy atom. The number of aliphatic hydroxyl groups is 1. The summed E-state index contributed by atoms with van der Waals surface area (Å²) in [6, 6.07) is 0. The summed E-state index contributed by atoms with van der Waals surface area (Å²) in [4.78, 5) is 25.0. The van der Waals surface area contributed by atoms with Crippen LogP contribution in [0, 0.1) is 0 Å². The Hall–Kier alpha value is -1.63. The number of nitrogens with one attached hydrogen (secondary N) is 1. The number of hydrogen-bond donors (Lipinski definition) is 4. The van der Waals surface area contributed by atoms with E-state index in [2.05, 4.69) is 10.3 Å². The van der Waals surface area contributed by atoms with Crippen LogP contribution in [0.5, 0.6) is 0 Å². The summed E-state index contributed by atoms with van der Waals surface area (Å²) in [5, 5.41) is 11.0. The number of nitrogens with two attached hydrogens (primary N) is 2. The molecule has 0 bridgehead atoms. The first-order valence-corrected chi connectivity index (χ1v) is 5.54. The van der Waals surface area contributed by atoms with Gasteiger partial charge in [0.15, 0.2) is 18.5 Å². The van der Waals surface area contributed by atoms with Gasteiger partial charge in [0.25, 0.3) is 0 Å². The minimum absolute atomic E-state index is 0.0900. The maximum atomic E-state index is 11.1. The molecule has 0 fully saturated rings. The highest BCUT2D eigenvalue weighted by atomic mass is 16.3. The third kappa shape index (κ3) is 10.6. The molecule has 1 atom stereocenters. The lowest BCUT2D eigenvalue weighted by molar-refractivity contribution is -0.128. The number of rotatable bonds is 9. The van der Waals surface area contributed by atoms with Gasteiger partial charge in [-0.05, 0) is 12.8 Å². The van der Waals surface area contributed by atoms with Crippen molar-refractivity contribution in [1.29, 1.82) is 0 Å². The van der Waals surface area contributed by atoms with Gasteiger partial charge in [0.2, 0.25) is 5.91 Å². The number of carbonyl (C=O) groups is 2. The lowest BCUT2D eigenvalue weighted by Gasteiger charge is -2.05. The minimum Gasteiger partial charge on any atom is -0.370 e. The molecule has 7 heteroatoms. The Kier molecular flexibility index (Phi) is 8.67. The van der Waals surface area contributed by atoms with E-state index in [1.54, 1.807) is 0 Å². The number of aldehydes is 1. The summed E-state index contributed by atoms with van der Waals surface area (Å²) in [6.07, 6.45) is 2.56. The molecule has 7 nitrogen and oxygen atoms in total. The molecule has 0 radical (unpaired) electrons. The van der Waals surface area contributed by atoms with Crippen molar-refractivity contribution in [3.05, 3.63) is 0 Å². The van der Waals surface area contributed by atoms with E-state index in [-0.39, 0.29) is 18.2 Å². The van der Waals surface area contributed by atoms with Gasteiger partial charge in [-0.25, -0.2) is 0 Å². The van der Waals surface area contributed by atoms with Gasteiger partial charge in [0.05, 0.1) is 0 Å². The molecule has 0 heterocycles. The number of aliphatic imine (C=N–C) groups is 1. The second-order valence-corrected chi connectivity index (χ2v) is 3.62. The molecule has 17 heavy (non-hydrogen) atoms. The Morgan fingerprint density at radius 3 is 2.53 bits per heavy atom. The lowest BCUT2D eigenvalue weighted by atomic mass is 10.1. The number of amides is 1.